The Morgan fingerprint density at radius 1 is 1.19 bits per heavy atom. The number of nitrogens with two attached hydrogens (primary N) is 1. The topological polar surface area (TPSA) is 80.0 Å². The average Bonchev–Trinajstić information content (AvgIpc) is 2.96. The monoisotopic (exact) mass is 379 g/mol. The molecule has 3 aliphatic rings. The first-order chi connectivity index (χ1) is 12.6. The van der Waals surface area contributed by atoms with Gasteiger partial charge in [-0.25, -0.2) is 0 Å². The standard InChI is InChI=1S/C19H25NO5S/c1-19-8-7-12-13(15(19)5-6-18(19)21)4-3-11-9-17(23-26-25-24-20)16(22-2)10-14(11)12/h9-10,12-13,15H,3-8,20H2,1-2H3. The Labute approximate surface area is 158 Å². The van der Waals surface area contributed by atoms with E-state index in [0.717, 1.165) is 38.5 Å². The molecule has 4 rings (SSSR count). The maximum Gasteiger partial charge on any atom is 0.260 e. The van der Waals surface area contributed by atoms with Gasteiger partial charge in [-0.05, 0) is 73.1 Å². The molecule has 3 aliphatic carbocycles. The predicted octanol–water partition coefficient (Wildman–Crippen LogP) is 3.88. The van der Waals surface area contributed by atoms with Crippen LogP contribution in [-0.2, 0) is 20.5 Å². The molecule has 1 aromatic carbocycles. The second-order valence-electron chi connectivity index (χ2n) is 7.85. The second-order valence-corrected chi connectivity index (χ2v) is 8.29. The number of ketones is 1. The number of Topliss-reactive ketones (excluding diaryl/α,β-unsaturated/α-hetero) is 1. The molecule has 0 radical (unpaired) electrons. The highest BCUT2D eigenvalue weighted by molar-refractivity contribution is 7.90. The second kappa shape index (κ2) is 7.03. The molecule has 1 aromatic rings. The van der Waals surface area contributed by atoms with Crippen LogP contribution in [0.25, 0.3) is 0 Å². The molecule has 0 bridgehead atoms. The zero-order valence-corrected chi connectivity index (χ0v) is 16.0. The van der Waals surface area contributed by atoms with E-state index >= 15 is 0 Å². The fourth-order valence-electron chi connectivity index (χ4n) is 5.64. The molecule has 6 nitrogen and oxygen atoms in total. The van der Waals surface area contributed by atoms with Gasteiger partial charge in [0.15, 0.2) is 11.5 Å². The van der Waals surface area contributed by atoms with Crippen molar-refractivity contribution in [3.05, 3.63) is 23.3 Å². The Hall–Kier alpha value is -1.28. The van der Waals surface area contributed by atoms with Crippen LogP contribution < -0.4 is 14.8 Å². The Morgan fingerprint density at radius 2 is 2.04 bits per heavy atom. The van der Waals surface area contributed by atoms with Crippen LogP contribution in [0.1, 0.15) is 56.1 Å². The highest BCUT2D eigenvalue weighted by Crippen LogP contribution is 2.60. The molecule has 0 saturated heterocycles. The van der Waals surface area contributed by atoms with Crippen molar-refractivity contribution >= 4 is 18.1 Å². The smallest absolute Gasteiger partial charge is 0.260 e. The number of rotatable bonds is 5. The van der Waals surface area contributed by atoms with E-state index in [9.17, 15) is 4.79 Å². The lowest BCUT2D eigenvalue weighted by Crippen LogP contribution is -2.42. The molecule has 0 aliphatic heterocycles. The lowest BCUT2D eigenvalue weighted by molar-refractivity contribution is -0.199. The van der Waals surface area contributed by atoms with Crippen molar-refractivity contribution in [2.45, 2.75) is 51.4 Å². The molecule has 4 atom stereocenters. The van der Waals surface area contributed by atoms with E-state index in [1.165, 1.54) is 11.1 Å². The summed E-state index contributed by atoms with van der Waals surface area (Å²) in [6, 6.07) is 4.13. The Bertz CT molecular complexity index is 711. The van der Waals surface area contributed by atoms with Gasteiger partial charge in [-0.3, -0.25) is 4.79 Å². The van der Waals surface area contributed by atoms with Crippen molar-refractivity contribution < 1.29 is 23.0 Å². The summed E-state index contributed by atoms with van der Waals surface area (Å²) in [6.07, 6.45) is 6.00. The van der Waals surface area contributed by atoms with Gasteiger partial charge in [-0.1, -0.05) is 6.92 Å². The van der Waals surface area contributed by atoms with E-state index in [1.54, 1.807) is 7.11 Å². The summed E-state index contributed by atoms with van der Waals surface area (Å²) in [5.41, 5.74) is 2.55. The molecule has 0 amide bonds. The molecule has 26 heavy (non-hydrogen) atoms. The number of ether oxygens (including phenoxy) is 1. The summed E-state index contributed by atoms with van der Waals surface area (Å²) < 4.78 is 15.5. The fraction of sp³-hybridized carbons (Fsp3) is 0.632. The summed E-state index contributed by atoms with van der Waals surface area (Å²) in [7, 11) is 1.63. The van der Waals surface area contributed by atoms with Gasteiger partial charge in [0, 0.05) is 11.8 Å². The van der Waals surface area contributed by atoms with E-state index in [4.69, 9.17) is 14.8 Å². The molecule has 4 unspecified atom stereocenters. The van der Waals surface area contributed by atoms with Crippen LogP contribution in [0.2, 0.25) is 0 Å². The van der Waals surface area contributed by atoms with Crippen LogP contribution in [0.15, 0.2) is 12.1 Å². The van der Waals surface area contributed by atoms with Crippen molar-refractivity contribution in [3.63, 3.8) is 0 Å². The number of hydrogen-bond donors (Lipinski definition) is 1. The maximum atomic E-state index is 12.5. The highest BCUT2D eigenvalue weighted by atomic mass is 32.2. The number of aryl methyl sites for hydroxylation is 1. The van der Waals surface area contributed by atoms with Crippen molar-refractivity contribution in [3.8, 4) is 11.5 Å². The summed E-state index contributed by atoms with van der Waals surface area (Å²) in [5, 5.41) is 0. The lowest BCUT2D eigenvalue weighted by Gasteiger charge is -2.48. The van der Waals surface area contributed by atoms with Crippen molar-refractivity contribution in [2.75, 3.05) is 7.11 Å². The third-order valence-corrected chi connectivity index (χ3v) is 7.29. The minimum Gasteiger partial charge on any atom is -0.493 e. The van der Waals surface area contributed by atoms with Gasteiger partial charge in [-0.2, -0.15) is 5.90 Å². The maximum absolute atomic E-state index is 12.5. The number of hydrogen-bond acceptors (Lipinski definition) is 7. The summed E-state index contributed by atoms with van der Waals surface area (Å²) >= 11 is 0.657. The average molecular weight is 379 g/mol. The van der Waals surface area contributed by atoms with E-state index < -0.39 is 0 Å². The molecule has 2 fully saturated rings. The van der Waals surface area contributed by atoms with E-state index in [2.05, 4.69) is 22.3 Å². The van der Waals surface area contributed by atoms with Crippen LogP contribution >= 0.6 is 12.3 Å². The number of fused-ring (bicyclic) bond motifs is 5. The molecule has 0 aromatic heterocycles. The van der Waals surface area contributed by atoms with E-state index in [1.807, 2.05) is 6.07 Å². The molecule has 7 heteroatoms. The minimum atomic E-state index is -0.0952. The first-order valence-corrected chi connectivity index (χ1v) is 9.86. The molecule has 2 N–H and O–H groups in total. The molecular formula is C19H25NO5S. The summed E-state index contributed by atoms with van der Waals surface area (Å²) in [5.74, 6) is 8.20. The number of methoxy groups -OCH3 is 1. The number of carbonyl (C=O) groups is 1. The Kier molecular flexibility index (Phi) is 4.90. The van der Waals surface area contributed by atoms with Gasteiger partial charge in [0.05, 0.1) is 7.11 Å². The fourth-order valence-corrected chi connectivity index (χ4v) is 5.90. The minimum absolute atomic E-state index is 0.0952. The highest BCUT2D eigenvalue weighted by Gasteiger charge is 2.54. The molecule has 0 heterocycles. The van der Waals surface area contributed by atoms with Crippen LogP contribution in [0.3, 0.4) is 0 Å². The zero-order valence-electron chi connectivity index (χ0n) is 15.2. The number of benzene rings is 1. The lowest BCUT2D eigenvalue weighted by atomic mass is 9.55. The third kappa shape index (κ3) is 2.81. The van der Waals surface area contributed by atoms with Crippen LogP contribution in [-0.4, -0.2) is 12.9 Å². The van der Waals surface area contributed by atoms with Gasteiger partial charge >= 0.3 is 0 Å². The largest absolute Gasteiger partial charge is 0.493 e. The Morgan fingerprint density at radius 3 is 2.81 bits per heavy atom. The SMILES string of the molecule is COc1cc2c(cc1OSOON)CCC1C2CCC2(C)C(=O)CCC12. The van der Waals surface area contributed by atoms with Gasteiger partial charge in [0.1, 0.15) is 5.78 Å². The summed E-state index contributed by atoms with van der Waals surface area (Å²) in [4.78, 5) is 16.5. The van der Waals surface area contributed by atoms with Crippen LogP contribution in [0, 0.1) is 17.3 Å². The molecule has 2 saturated carbocycles. The predicted molar refractivity (Wildman–Crippen MR) is 97.2 cm³/mol. The van der Waals surface area contributed by atoms with Gasteiger partial charge < -0.3 is 8.92 Å². The zero-order chi connectivity index (χ0) is 18.3. The van der Waals surface area contributed by atoms with Gasteiger partial charge in [0.25, 0.3) is 12.3 Å². The van der Waals surface area contributed by atoms with E-state index in [0.29, 0.717) is 47.4 Å². The van der Waals surface area contributed by atoms with Gasteiger partial charge in [0.2, 0.25) is 0 Å². The number of carbonyl (C=O) groups excluding carboxylic acids is 1. The summed E-state index contributed by atoms with van der Waals surface area (Å²) in [6.45, 7) is 2.20. The quantitative estimate of drug-likeness (QED) is 0.360. The van der Waals surface area contributed by atoms with Crippen molar-refractivity contribution in [2.24, 2.45) is 23.1 Å². The van der Waals surface area contributed by atoms with Crippen molar-refractivity contribution in [1.29, 1.82) is 0 Å². The van der Waals surface area contributed by atoms with Crippen LogP contribution in [0.4, 0.5) is 0 Å². The Balaban J connectivity index is 1.63. The first kappa shape index (κ1) is 18.1. The molecule has 0 spiro atoms. The third-order valence-electron chi connectivity index (χ3n) is 6.91. The van der Waals surface area contributed by atoms with Crippen molar-refractivity contribution in [1.82, 2.24) is 0 Å². The van der Waals surface area contributed by atoms with Gasteiger partial charge in [-0.15, -0.1) is 9.32 Å². The molecule has 142 valence electrons. The normalized spacial score (nSPS) is 32.6. The molecular weight excluding hydrogens is 354 g/mol. The van der Waals surface area contributed by atoms with Crippen LogP contribution in [0.5, 0.6) is 11.5 Å². The first-order valence-electron chi connectivity index (χ1n) is 9.19. The van der Waals surface area contributed by atoms with E-state index in [-0.39, 0.29) is 5.41 Å².